The SMILES string of the molecule is Nc1nc2ccc(S)cc2[nH]1. The molecule has 2 rings (SSSR count). The molecule has 1 heterocycles. The molecule has 0 bridgehead atoms. The molecule has 3 nitrogen and oxygen atoms in total. The second-order valence-corrected chi connectivity index (χ2v) is 2.84. The lowest BCUT2D eigenvalue weighted by molar-refractivity contribution is 1.35. The van der Waals surface area contributed by atoms with Crippen LogP contribution in [0.2, 0.25) is 0 Å². The van der Waals surface area contributed by atoms with E-state index in [2.05, 4.69) is 22.6 Å². The molecule has 56 valence electrons. The lowest BCUT2D eigenvalue weighted by atomic mass is 10.3. The normalized spacial score (nSPS) is 10.6. The van der Waals surface area contributed by atoms with Gasteiger partial charge in [0.15, 0.2) is 5.95 Å². The summed E-state index contributed by atoms with van der Waals surface area (Å²) in [7, 11) is 0. The number of nitrogens with one attached hydrogen (secondary N) is 1. The van der Waals surface area contributed by atoms with Crippen molar-refractivity contribution >= 4 is 29.6 Å². The Morgan fingerprint density at radius 1 is 1.45 bits per heavy atom. The number of fused-ring (bicyclic) bond motifs is 1. The summed E-state index contributed by atoms with van der Waals surface area (Å²) in [4.78, 5) is 7.86. The third-order valence-electron chi connectivity index (χ3n) is 1.48. The van der Waals surface area contributed by atoms with E-state index in [4.69, 9.17) is 5.73 Å². The van der Waals surface area contributed by atoms with Gasteiger partial charge in [0.2, 0.25) is 0 Å². The monoisotopic (exact) mass is 165 g/mol. The van der Waals surface area contributed by atoms with Crippen LogP contribution in [-0.4, -0.2) is 9.97 Å². The summed E-state index contributed by atoms with van der Waals surface area (Å²) in [6.07, 6.45) is 0. The summed E-state index contributed by atoms with van der Waals surface area (Å²) in [6.45, 7) is 0. The first-order valence-electron chi connectivity index (χ1n) is 3.20. The van der Waals surface area contributed by atoms with Gasteiger partial charge in [-0.05, 0) is 18.2 Å². The van der Waals surface area contributed by atoms with Crippen molar-refractivity contribution in [2.24, 2.45) is 0 Å². The average molecular weight is 165 g/mol. The van der Waals surface area contributed by atoms with Gasteiger partial charge >= 0.3 is 0 Å². The molecular weight excluding hydrogens is 158 g/mol. The molecular formula is C7H7N3S. The highest BCUT2D eigenvalue weighted by atomic mass is 32.1. The van der Waals surface area contributed by atoms with Crippen molar-refractivity contribution in [3.8, 4) is 0 Å². The minimum atomic E-state index is 0.443. The van der Waals surface area contributed by atoms with Crippen LogP contribution in [0, 0.1) is 0 Å². The highest BCUT2D eigenvalue weighted by molar-refractivity contribution is 7.80. The van der Waals surface area contributed by atoms with E-state index in [1.165, 1.54) is 0 Å². The molecule has 0 fully saturated rings. The van der Waals surface area contributed by atoms with E-state index < -0.39 is 0 Å². The fourth-order valence-electron chi connectivity index (χ4n) is 1.02. The van der Waals surface area contributed by atoms with Gasteiger partial charge < -0.3 is 10.7 Å². The maximum absolute atomic E-state index is 5.45. The van der Waals surface area contributed by atoms with Crippen molar-refractivity contribution in [2.45, 2.75) is 4.90 Å². The smallest absolute Gasteiger partial charge is 0.198 e. The Hall–Kier alpha value is -1.16. The first-order chi connectivity index (χ1) is 5.25. The molecule has 0 unspecified atom stereocenters. The summed E-state index contributed by atoms with van der Waals surface area (Å²) in [5, 5.41) is 0. The molecule has 0 spiro atoms. The number of thiol groups is 1. The van der Waals surface area contributed by atoms with E-state index in [0.717, 1.165) is 15.9 Å². The zero-order chi connectivity index (χ0) is 7.84. The van der Waals surface area contributed by atoms with Crippen LogP contribution in [0.15, 0.2) is 23.1 Å². The molecule has 0 saturated heterocycles. The topological polar surface area (TPSA) is 54.7 Å². The Labute approximate surface area is 69.0 Å². The first-order valence-corrected chi connectivity index (χ1v) is 3.64. The summed E-state index contributed by atoms with van der Waals surface area (Å²) in [5.41, 5.74) is 7.25. The maximum atomic E-state index is 5.45. The predicted octanol–water partition coefficient (Wildman–Crippen LogP) is 1.43. The third kappa shape index (κ3) is 1.05. The third-order valence-corrected chi connectivity index (χ3v) is 1.76. The number of nitrogens with zero attached hydrogens (tertiary/aromatic N) is 1. The number of hydrogen-bond acceptors (Lipinski definition) is 3. The Bertz CT molecular complexity index is 393. The number of nitrogens with two attached hydrogens (primary N) is 1. The van der Waals surface area contributed by atoms with Crippen LogP contribution < -0.4 is 5.73 Å². The van der Waals surface area contributed by atoms with Gasteiger partial charge in [0.25, 0.3) is 0 Å². The van der Waals surface area contributed by atoms with Gasteiger partial charge in [0.05, 0.1) is 11.0 Å². The minimum Gasteiger partial charge on any atom is -0.369 e. The number of rotatable bonds is 0. The van der Waals surface area contributed by atoms with E-state index in [1.54, 1.807) is 0 Å². The van der Waals surface area contributed by atoms with Crippen molar-refractivity contribution in [2.75, 3.05) is 5.73 Å². The quantitative estimate of drug-likeness (QED) is 0.517. The lowest BCUT2D eigenvalue weighted by Gasteiger charge is -1.88. The van der Waals surface area contributed by atoms with E-state index in [-0.39, 0.29) is 0 Å². The average Bonchev–Trinajstić information content (AvgIpc) is 2.27. The predicted molar refractivity (Wildman–Crippen MR) is 47.8 cm³/mol. The van der Waals surface area contributed by atoms with Crippen LogP contribution in [0.4, 0.5) is 5.95 Å². The number of aromatic amines is 1. The van der Waals surface area contributed by atoms with Crippen molar-refractivity contribution in [3.05, 3.63) is 18.2 Å². The van der Waals surface area contributed by atoms with Gasteiger partial charge in [0, 0.05) is 4.90 Å². The van der Waals surface area contributed by atoms with Gasteiger partial charge in [-0.2, -0.15) is 0 Å². The van der Waals surface area contributed by atoms with E-state index >= 15 is 0 Å². The van der Waals surface area contributed by atoms with Gasteiger partial charge in [-0.1, -0.05) is 0 Å². The fourth-order valence-corrected chi connectivity index (χ4v) is 1.22. The fraction of sp³-hybridized carbons (Fsp3) is 0. The highest BCUT2D eigenvalue weighted by Gasteiger charge is 1.97. The molecule has 0 saturated carbocycles. The van der Waals surface area contributed by atoms with E-state index in [0.29, 0.717) is 5.95 Å². The second kappa shape index (κ2) is 2.17. The summed E-state index contributed by atoms with van der Waals surface area (Å²) >= 11 is 4.18. The van der Waals surface area contributed by atoms with Crippen LogP contribution in [-0.2, 0) is 0 Å². The van der Waals surface area contributed by atoms with Crippen LogP contribution in [0.25, 0.3) is 11.0 Å². The summed E-state index contributed by atoms with van der Waals surface area (Å²) < 4.78 is 0. The Morgan fingerprint density at radius 3 is 3.09 bits per heavy atom. The van der Waals surface area contributed by atoms with Gasteiger partial charge in [-0.25, -0.2) is 4.98 Å². The summed E-state index contributed by atoms with van der Waals surface area (Å²) in [5.74, 6) is 0.443. The van der Waals surface area contributed by atoms with Gasteiger partial charge in [-0.15, -0.1) is 12.6 Å². The number of aromatic nitrogens is 2. The number of H-pyrrole nitrogens is 1. The number of benzene rings is 1. The van der Waals surface area contributed by atoms with E-state index in [1.807, 2.05) is 18.2 Å². The van der Waals surface area contributed by atoms with Crippen molar-refractivity contribution in [1.29, 1.82) is 0 Å². The Kier molecular flexibility index (Phi) is 1.29. The molecule has 0 aliphatic carbocycles. The molecule has 3 N–H and O–H groups in total. The molecule has 0 atom stereocenters. The number of hydrogen-bond donors (Lipinski definition) is 3. The molecule has 2 aromatic rings. The minimum absolute atomic E-state index is 0.443. The van der Waals surface area contributed by atoms with E-state index in [9.17, 15) is 0 Å². The van der Waals surface area contributed by atoms with Crippen LogP contribution in [0.1, 0.15) is 0 Å². The van der Waals surface area contributed by atoms with Crippen molar-refractivity contribution < 1.29 is 0 Å². The highest BCUT2D eigenvalue weighted by Crippen LogP contribution is 2.16. The molecule has 0 aliphatic heterocycles. The lowest BCUT2D eigenvalue weighted by Crippen LogP contribution is -1.84. The summed E-state index contributed by atoms with van der Waals surface area (Å²) in [6, 6.07) is 5.65. The van der Waals surface area contributed by atoms with Crippen molar-refractivity contribution in [1.82, 2.24) is 9.97 Å². The molecule has 4 heteroatoms. The van der Waals surface area contributed by atoms with Gasteiger partial charge in [0.1, 0.15) is 0 Å². The second-order valence-electron chi connectivity index (χ2n) is 2.32. The molecule has 1 aromatic heterocycles. The largest absolute Gasteiger partial charge is 0.369 e. The Morgan fingerprint density at radius 2 is 2.27 bits per heavy atom. The number of nitrogen functional groups attached to an aromatic ring is 1. The molecule has 1 aromatic carbocycles. The van der Waals surface area contributed by atoms with Gasteiger partial charge in [-0.3, -0.25) is 0 Å². The maximum Gasteiger partial charge on any atom is 0.198 e. The zero-order valence-electron chi connectivity index (χ0n) is 5.70. The molecule has 0 radical (unpaired) electrons. The van der Waals surface area contributed by atoms with Crippen molar-refractivity contribution in [3.63, 3.8) is 0 Å². The van der Waals surface area contributed by atoms with Crippen LogP contribution in [0.3, 0.4) is 0 Å². The first kappa shape index (κ1) is 6.54. The molecule has 0 aliphatic rings. The molecule has 11 heavy (non-hydrogen) atoms. The number of imidazole rings is 1. The van der Waals surface area contributed by atoms with Crippen LogP contribution >= 0.6 is 12.6 Å². The molecule has 0 amide bonds. The number of anilines is 1. The Balaban J connectivity index is 2.82. The van der Waals surface area contributed by atoms with Crippen LogP contribution in [0.5, 0.6) is 0 Å². The zero-order valence-corrected chi connectivity index (χ0v) is 6.60. The standard InChI is InChI=1S/C7H7N3S/c8-7-9-5-2-1-4(11)3-6(5)10-7/h1-3,11H,(H3,8,9,10).